The SMILES string of the molecule is CC(c1ccc(S(C)(=O)=O)cc1)N(C)C(=O)c1ccc(CN(C)C)nc1. The number of rotatable bonds is 6. The van der Waals surface area contributed by atoms with Gasteiger partial charge in [-0.25, -0.2) is 8.42 Å². The molecular weight excluding hydrogens is 350 g/mol. The van der Waals surface area contributed by atoms with Crippen molar-refractivity contribution in [1.29, 1.82) is 0 Å². The first kappa shape index (κ1) is 20.1. The average Bonchev–Trinajstić information content (AvgIpc) is 2.59. The maximum atomic E-state index is 12.7. The lowest BCUT2D eigenvalue weighted by molar-refractivity contribution is 0.0742. The van der Waals surface area contributed by atoms with Gasteiger partial charge in [0.1, 0.15) is 0 Å². The normalized spacial score (nSPS) is 12.8. The van der Waals surface area contributed by atoms with Crippen LogP contribution in [0.15, 0.2) is 47.5 Å². The Kier molecular flexibility index (Phi) is 6.15. The van der Waals surface area contributed by atoms with Gasteiger partial charge in [-0.05, 0) is 50.8 Å². The maximum Gasteiger partial charge on any atom is 0.255 e. The molecule has 0 saturated carbocycles. The molecule has 0 aliphatic carbocycles. The van der Waals surface area contributed by atoms with Gasteiger partial charge in [0.05, 0.1) is 22.2 Å². The smallest absolute Gasteiger partial charge is 0.255 e. The minimum absolute atomic E-state index is 0.131. The minimum atomic E-state index is -3.23. The van der Waals surface area contributed by atoms with Gasteiger partial charge < -0.3 is 9.80 Å². The van der Waals surface area contributed by atoms with Crippen molar-refractivity contribution < 1.29 is 13.2 Å². The third kappa shape index (κ3) is 4.89. The second-order valence-electron chi connectivity index (χ2n) is 6.71. The Morgan fingerprint density at radius 3 is 2.15 bits per heavy atom. The standard InChI is InChI=1S/C19H25N3O3S/c1-14(15-7-10-18(11-8-15)26(5,24)25)22(4)19(23)16-6-9-17(20-12-16)13-21(2)3/h6-12,14H,13H2,1-5H3. The number of amides is 1. The molecule has 7 heteroatoms. The van der Waals surface area contributed by atoms with E-state index in [0.29, 0.717) is 12.1 Å². The number of aromatic nitrogens is 1. The Bertz CT molecular complexity index is 860. The predicted octanol–water partition coefficient (Wildman–Crippen LogP) is 2.38. The van der Waals surface area contributed by atoms with Crippen LogP contribution in [0.25, 0.3) is 0 Å². The molecule has 0 N–H and O–H groups in total. The van der Waals surface area contributed by atoms with Crippen LogP contribution in [0, 0.1) is 0 Å². The van der Waals surface area contributed by atoms with Crippen molar-refractivity contribution >= 4 is 15.7 Å². The fourth-order valence-corrected chi connectivity index (χ4v) is 3.20. The summed E-state index contributed by atoms with van der Waals surface area (Å²) in [6.07, 6.45) is 2.77. The quantitative estimate of drug-likeness (QED) is 0.775. The molecule has 1 heterocycles. The van der Waals surface area contributed by atoms with Gasteiger partial charge in [0.25, 0.3) is 5.91 Å². The molecule has 1 unspecified atom stereocenters. The number of hydrogen-bond donors (Lipinski definition) is 0. The highest BCUT2D eigenvalue weighted by Gasteiger charge is 2.20. The highest BCUT2D eigenvalue weighted by atomic mass is 32.2. The predicted molar refractivity (Wildman–Crippen MR) is 102 cm³/mol. The molecule has 0 spiro atoms. The molecule has 2 aromatic rings. The highest BCUT2D eigenvalue weighted by Crippen LogP contribution is 2.22. The van der Waals surface area contributed by atoms with Gasteiger partial charge in [-0.1, -0.05) is 12.1 Å². The molecule has 0 saturated heterocycles. The summed E-state index contributed by atoms with van der Waals surface area (Å²) in [4.78, 5) is 20.9. The van der Waals surface area contributed by atoms with Crippen molar-refractivity contribution in [3.05, 3.63) is 59.4 Å². The van der Waals surface area contributed by atoms with Gasteiger partial charge in [-0.2, -0.15) is 0 Å². The third-order valence-corrected chi connectivity index (χ3v) is 5.37. The fourth-order valence-electron chi connectivity index (χ4n) is 2.57. The lowest BCUT2D eigenvalue weighted by Crippen LogP contribution is -2.29. The van der Waals surface area contributed by atoms with E-state index in [2.05, 4.69) is 4.98 Å². The van der Waals surface area contributed by atoms with Gasteiger partial charge in [0.15, 0.2) is 9.84 Å². The van der Waals surface area contributed by atoms with E-state index in [9.17, 15) is 13.2 Å². The van der Waals surface area contributed by atoms with E-state index in [4.69, 9.17) is 0 Å². The third-order valence-electron chi connectivity index (χ3n) is 4.24. The van der Waals surface area contributed by atoms with Crippen molar-refractivity contribution in [3.8, 4) is 0 Å². The van der Waals surface area contributed by atoms with E-state index in [-0.39, 0.29) is 16.8 Å². The largest absolute Gasteiger partial charge is 0.335 e. The van der Waals surface area contributed by atoms with Crippen molar-refractivity contribution in [2.45, 2.75) is 24.4 Å². The van der Waals surface area contributed by atoms with E-state index in [1.54, 1.807) is 48.5 Å². The van der Waals surface area contributed by atoms with Crippen molar-refractivity contribution in [3.63, 3.8) is 0 Å². The summed E-state index contributed by atoms with van der Waals surface area (Å²) in [6, 6.07) is 10.1. The zero-order valence-electron chi connectivity index (χ0n) is 15.8. The Labute approximate surface area is 155 Å². The summed E-state index contributed by atoms with van der Waals surface area (Å²) in [5.41, 5.74) is 2.29. The summed E-state index contributed by atoms with van der Waals surface area (Å²) in [5.74, 6) is -0.131. The van der Waals surface area contributed by atoms with E-state index in [0.717, 1.165) is 11.3 Å². The molecule has 6 nitrogen and oxygen atoms in total. The molecule has 2 rings (SSSR count). The van der Waals surface area contributed by atoms with Crippen molar-refractivity contribution in [2.24, 2.45) is 0 Å². The number of carbonyl (C=O) groups excluding carboxylic acids is 1. The van der Waals surface area contributed by atoms with Gasteiger partial charge in [-0.15, -0.1) is 0 Å². The molecule has 26 heavy (non-hydrogen) atoms. The van der Waals surface area contributed by atoms with Crippen molar-refractivity contribution in [2.75, 3.05) is 27.4 Å². The van der Waals surface area contributed by atoms with E-state index in [1.807, 2.05) is 32.0 Å². The number of carbonyl (C=O) groups is 1. The molecule has 0 bridgehead atoms. The second kappa shape index (κ2) is 7.97. The molecule has 0 aliphatic rings. The number of nitrogens with zero attached hydrogens (tertiary/aromatic N) is 3. The lowest BCUT2D eigenvalue weighted by atomic mass is 10.1. The monoisotopic (exact) mass is 375 g/mol. The zero-order valence-corrected chi connectivity index (χ0v) is 16.6. The number of benzene rings is 1. The zero-order chi connectivity index (χ0) is 19.5. The lowest BCUT2D eigenvalue weighted by Gasteiger charge is -2.25. The van der Waals surface area contributed by atoms with Crippen LogP contribution >= 0.6 is 0 Å². The highest BCUT2D eigenvalue weighted by molar-refractivity contribution is 7.90. The first-order valence-electron chi connectivity index (χ1n) is 8.26. The van der Waals surface area contributed by atoms with Crippen LogP contribution < -0.4 is 0 Å². The van der Waals surface area contributed by atoms with E-state index < -0.39 is 9.84 Å². The van der Waals surface area contributed by atoms with Crippen LogP contribution in [0.3, 0.4) is 0 Å². The summed E-state index contributed by atoms with van der Waals surface area (Å²) in [5, 5.41) is 0. The van der Waals surface area contributed by atoms with Crippen LogP contribution in [0.5, 0.6) is 0 Å². The number of hydrogen-bond acceptors (Lipinski definition) is 5. The van der Waals surface area contributed by atoms with Crippen LogP contribution in [-0.2, 0) is 16.4 Å². The van der Waals surface area contributed by atoms with Gasteiger partial charge in [0.2, 0.25) is 0 Å². The van der Waals surface area contributed by atoms with Crippen LogP contribution in [0.2, 0.25) is 0 Å². The van der Waals surface area contributed by atoms with E-state index >= 15 is 0 Å². The molecule has 1 aromatic heterocycles. The topological polar surface area (TPSA) is 70.6 Å². The Morgan fingerprint density at radius 1 is 1.08 bits per heavy atom. The van der Waals surface area contributed by atoms with Gasteiger partial charge in [-0.3, -0.25) is 9.78 Å². The number of sulfone groups is 1. The average molecular weight is 375 g/mol. The second-order valence-corrected chi connectivity index (χ2v) is 8.72. The first-order chi connectivity index (χ1) is 12.1. The summed E-state index contributed by atoms with van der Waals surface area (Å²) in [7, 11) is 2.42. The van der Waals surface area contributed by atoms with Crippen LogP contribution in [0.4, 0.5) is 0 Å². The molecular formula is C19H25N3O3S. The molecule has 1 amide bonds. The Balaban J connectivity index is 2.14. The number of pyridine rings is 1. The Hall–Kier alpha value is -2.25. The van der Waals surface area contributed by atoms with Gasteiger partial charge in [0, 0.05) is 26.0 Å². The van der Waals surface area contributed by atoms with E-state index in [1.165, 1.54) is 6.26 Å². The molecule has 1 aromatic carbocycles. The minimum Gasteiger partial charge on any atom is -0.335 e. The van der Waals surface area contributed by atoms with Crippen LogP contribution in [-0.4, -0.2) is 56.5 Å². The van der Waals surface area contributed by atoms with Crippen LogP contribution in [0.1, 0.15) is 34.6 Å². The summed E-state index contributed by atoms with van der Waals surface area (Å²) < 4.78 is 23.1. The first-order valence-corrected chi connectivity index (χ1v) is 10.2. The molecule has 140 valence electrons. The van der Waals surface area contributed by atoms with Crippen molar-refractivity contribution in [1.82, 2.24) is 14.8 Å². The molecule has 1 atom stereocenters. The molecule has 0 fully saturated rings. The van der Waals surface area contributed by atoms with Gasteiger partial charge >= 0.3 is 0 Å². The fraction of sp³-hybridized carbons (Fsp3) is 0.368. The molecule has 0 aliphatic heterocycles. The summed E-state index contributed by atoms with van der Waals surface area (Å²) in [6.45, 7) is 2.62. The maximum absolute atomic E-state index is 12.7. The Morgan fingerprint density at radius 2 is 1.69 bits per heavy atom. The molecule has 0 radical (unpaired) electrons. The summed E-state index contributed by atoms with van der Waals surface area (Å²) >= 11 is 0.